The van der Waals surface area contributed by atoms with Gasteiger partial charge in [0.25, 0.3) is 0 Å². The van der Waals surface area contributed by atoms with Crippen molar-refractivity contribution in [3.05, 3.63) is 95.5 Å². The van der Waals surface area contributed by atoms with Crippen LogP contribution in [0.25, 0.3) is 66.2 Å². The third-order valence-electron chi connectivity index (χ3n) is 7.14. The van der Waals surface area contributed by atoms with Crippen LogP contribution < -0.4 is 0 Å². The van der Waals surface area contributed by atoms with Crippen LogP contribution in [0.4, 0.5) is 0 Å². The van der Waals surface area contributed by atoms with Crippen LogP contribution in [0.3, 0.4) is 0 Å². The second kappa shape index (κ2) is 29.0. The van der Waals surface area contributed by atoms with Crippen LogP contribution in [0.2, 0.25) is 0 Å². The van der Waals surface area contributed by atoms with E-state index in [-0.39, 0.29) is 311 Å². The zero-order chi connectivity index (χ0) is 30.5. The fourth-order valence-corrected chi connectivity index (χ4v) is 5.19. The Morgan fingerprint density at radius 1 is 0.315 bits per heavy atom. The number of hydrogen-bond donors (Lipinski definition) is 0. The maximum Gasteiger partial charge on any atom is 0.120 e. The second-order valence-electron chi connectivity index (χ2n) is 9.67. The molecular formula is C38H12N6U10-4. The summed E-state index contributed by atoms with van der Waals surface area (Å²) < 4.78 is 0. The molecule has 3 aromatic heterocycles. The molecule has 0 saturated carbocycles. The van der Waals surface area contributed by atoms with E-state index in [0.717, 1.165) is 11.1 Å². The molecule has 0 unspecified atom stereocenters. The Bertz CT molecular complexity index is 2640. The molecule has 6 nitrogen and oxygen atoms in total. The molecule has 0 atom stereocenters. The first kappa shape index (κ1) is 64.2. The molecule has 16 heteroatoms. The van der Waals surface area contributed by atoms with Gasteiger partial charge in [-0.05, 0) is 26.0 Å². The summed E-state index contributed by atoms with van der Waals surface area (Å²) in [5.41, 5.74) is 8.49. The number of nitrogens with zero attached hydrogens (tertiary/aromatic N) is 6. The average molecular weight is 2930 g/mol. The van der Waals surface area contributed by atoms with Crippen molar-refractivity contribution in [1.82, 2.24) is 29.9 Å². The quantitative estimate of drug-likeness (QED) is 0.0870. The van der Waals surface area contributed by atoms with Crippen molar-refractivity contribution in [1.29, 1.82) is 0 Å². The topological polar surface area (TPSA) is 77.3 Å². The Hall–Kier alpha value is 3.56. The summed E-state index contributed by atoms with van der Waals surface area (Å²) in [7, 11) is 0. The van der Waals surface area contributed by atoms with Gasteiger partial charge in [0.15, 0.2) is 0 Å². The summed E-state index contributed by atoms with van der Waals surface area (Å²) >= 11 is 0. The Kier molecular flexibility index (Phi) is 34.5. The summed E-state index contributed by atoms with van der Waals surface area (Å²) in [6.45, 7) is 3.52. The predicted molar refractivity (Wildman–Crippen MR) is 168 cm³/mol. The van der Waals surface area contributed by atoms with Crippen LogP contribution >= 0.6 is 0 Å². The first-order chi connectivity index (χ1) is 21.5. The maximum absolute atomic E-state index is 7.68. The molecule has 0 aliphatic heterocycles. The Labute approximate surface area is 551 Å². The van der Waals surface area contributed by atoms with Gasteiger partial charge >= 0.3 is 0 Å². The van der Waals surface area contributed by atoms with Crippen LogP contribution in [-0.2, 0) is 0 Å². The molecule has 0 spiro atoms. The van der Waals surface area contributed by atoms with Crippen molar-refractivity contribution in [2.75, 3.05) is 0 Å². The summed E-state index contributed by atoms with van der Waals surface area (Å²) in [6, 6.07) is 10.2. The molecule has 0 aliphatic rings. The van der Waals surface area contributed by atoms with E-state index in [9.17, 15) is 0 Å². The molecule has 238 valence electrons. The Morgan fingerprint density at radius 3 is 0.630 bits per heavy atom. The Morgan fingerprint density at radius 2 is 0.481 bits per heavy atom. The molecule has 0 saturated heterocycles. The minimum atomic E-state index is 0. The summed E-state index contributed by atoms with van der Waals surface area (Å²) in [5.74, 6) is 21.4. The Balaban J connectivity index is -0.00000125. The van der Waals surface area contributed by atoms with Crippen molar-refractivity contribution in [3.8, 4) is 47.4 Å². The van der Waals surface area contributed by atoms with Gasteiger partial charge in [0.1, 0.15) is 33.1 Å². The van der Waals surface area contributed by atoms with Gasteiger partial charge in [0.05, 0.1) is 33.1 Å². The van der Waals surface area contributed by atoms with Crippen molar-refractivity contribution < 1.29 is 311 Å². The van der Waals surface area contributed by atoms with Crippen molar-refractivity contribution in [2.24, 2.45) is 0 Å². The van der Waals surface area contributed by atoms with Crippen molar-refractivity contribution >= 4 is 66.2 Å². The van der Waals surface area contributed by atoms with Crippen LogP contribution in [0.1, 0.15) is 47.2 Å². The molecule has 0 N–H and O–H groups in total. The first-order valence-corrected chi connectivity index (χ1v) is 13.1. The molecule has 0 radical (unpaired) electrons. The first-order valence-electron chi connectivity index (χ1n) is 13.1. The summed E-state index contributed by atoms with van der Waals surface area (Å²) in [5, 5.41) is 0. The van der Waals surface area contributed by atoms with E-state index in [1.807, 2.05) is 12.1 Å². The number of benzene rings is 4. The monoisotopic (exact) mass is 2930 g/mol. The van der Waals surface area contributed by atoms with Crippen LogP contribution in [0.5, 0.6) is 0 Å². The van der Waals surface area contributed by atoms with Gasteiger partial charge in [-0.3, -0.25) is 0 Å². The maximum atomic E-state index is 7.68. The van der Waals surface area contributed by atoms with Crippen LogP contribution in [0, 0.1) is 384 Å². The summed E-state index contributed by atoms with van der Waals surface area (Å²) in [4.78, 5) is 29.7. The van der Waals surface area contributed by atoms with Gasteiger partial charge in [-0.15, -0.1) is 36.1 Å². The van der Waals surface area contributed by atoms with Gasteiger partial charge in [0.2, 0.25) is 0 Å². The second-order valence-corrected chi connectivity index (χ2v) is 9.67. The molecule has 4 aromatic carbocycles. The fourth-order valence-electron chi connectivity index (χ4n) is 5.19. The molecular weight excluding hydrogens is 2920 g/mol. The van der Waals surface area contributed by atoms with E-state index in [1.165, 1.54) is 0 Å². The average Bonchev–Trinajstić information content (AvgIpc) is 3.05. The van der Waals surface area contributed by atoms with E-state index < -0.39 is 0 Å². The van der Waals surface area contributed by atoms with Crippen LogP contribution in [0.15, 0.2) is 36.4 Å². The zero-order valence-electron chi connectivity index (χ0n) is 28.1. The third-order valence-corrected chi connectivity index (χ3v) is 7.14. The molecule has 3 heterocycles. The van der Waals surface area contributed by atoms with Crippen LogP contribution in [-0.4, -0.2) is 29.9 Å². The number of aromatic nitrogens is 6. The molecule has 54 heavy (non-hydrogen) atoms. The van der Waals surface area contributed by atoms with E-state index in [2.05, 4.69) is 47.4 Å². The molecule has 0 aliphatic carbocycles. The van der Waals surface area contributed by atoms with E-state index in [1.54, 1.807) is 38.1 Å². The number of fused-ring (bicyclic) bond motifs is 9. The largest absolute Gasteiger partial charge is 0.367 e. The van der Waals surface area contributed by atoms with E-state index in [0.29, 0.717) is 88.5 Å². The van der Waals surface area contributed by atoms with Gasteiger partial charge in [-0.25, -0.2) is 29.9 Å². The third kappa shape index (κ3) is 12.8. The molecule has 7 aromatic rings. The minimum absolute atomic E-state index is 0. The van der Waals surface area contributed by atoms with Gasteiger partial charge < -0.3 is 49.4 Å². The number of rotatable bonds is 0. The number of hydrogen-bond acceptors (Lipinski definition) is 6. The fraction of sp³-hybridized carbons (Fsp3) is 0.0526. The SMILES string of the molecule is [C-]#Cc1cc2nc3c4nc5cc(C#[C-])c(C#[C-])cc5nc4c4nc5cc(C#CC)c(C#CC)cc5nc4c3nc2cc1C#[C-].[U].[U].[U].[U].[U].[U].[U].[U].[U].[U]. The standard InChI is InChI=1S/C38H12N6.10U/c1-7-13-25-19-31-32(20-26(25)14-8-2)44-38-36-34(40-28-16-22(10-4)24(12-6)18-30(28)42-36)33-35(37(38)43-31)41-29-17-23(11-5)21(9-3)15-27(29)39-33;;;;;;;;;;/h15-20H,1-2H3;;;;;;;;;;/q-4;;;;;;;;;;. The van der Waals surface area contributed by atoms with Crippen molar-refractivity contribution in [2.45, 2.75) is 13.8 Å². The molecule has 7 rings (SSSR count). The summed E-state index contributed by atoms with van der Waals surface area (Å²) in [6.07, 6.45) is 30.7. The van der Waals surface area contributed by atoms with Crippen molar-refractivity contribution in [3.63, 3.8) is 0 Å². The molecule has 0 amide bonds. The van der Waals surface area contributed by atoms with Gasteiger partial charge in [-0.1, -0.05) is 11.8 Å². The molecule has 0 bridgehead atoms. The van der Waals surface area contributed by atoms with Gasteiger partial charge in [0, 0.05) is 322 Å². The van der Waals surface area contributed by atoms with E-state index in [4.69, 9.17) is 55.6 Å². The normalized spacial score (nSPS) is 8.56. The van der Waals surface area contributed by atoms with E-state index >= 15 is 0 Å². The molecule has 0 fully saturated rings. The predicted octanol–water partition coefficient (Wildman–Crippen LogP) is 5.47. The van der Waals surface area contributed by atoms with Gasteiger partial charge in [-0.2, -0.15) is 22.3 Å². The minimum Gasteiger partial charge on any atom is -0.367 e. The zero-order valence-corrected chi connectivity index (χ0v) is 69.8. The smallest absolute Gasteiger partial charge is 0.120 e.